The minimum absolute atomic E-state index is 0.227. The maximum atomic E-state index is 10.8. The number of allylic oxidation sites excluding steroid dienone is 2. The van der Waals surface area contributed by atoms with E-state index in [4.69, 9.17) is 4.74 Å². The van der Waals surface area contributed by atoms with Gasteiger partial charge in [0.1, 0.15) is 6.61 Å². The van der Waals surface area contributed by atoms with Crippen molar-refractivity contribution in [3.63, 3.8) is 0 Å². The predicted octanol–water partition coefficient (Wildman–Crippen LogP) is 2.24. The summed E-state index contributed by atoms with van der Waals surface area (Å²) in [5.74, 6) is -0.227. The van der Waals surface area contributed by atoms with E-state index in [1.165, 1.54) is 0 Å². The molecule has 0 radical (unpaired) electrons. The minimum atomic E-state index is -0.227. The standard InChI is InChI=1S/C10H14O2/c1-3-5-6-7-8-10(11)12-9-4-2/h3-4,6-7H,1-2,5,8-9H2/b7-6+. The van der Waals surface area contributed by atoms with Gasteiger partial charge >= 0.3 is 5.97 Å². The van der Waals surface area contributed by atoms with Gasteiger partial charge in [-0.1, -0.05) is 30.9 Å². The molecule has 12 heavy (non-hydrogen) atoms. The number of hydrogen-bond donors (Lipinski definition) is 0. The van der Waals surface area contributed by atoms with Gasteiger partial charge in [0.25, 0.3) is 0 Å². The van der Waals surface area contributed by atoms with E-state index in [0.717, 1.165) is 6.42 Å². The van der Waals surface area contributed by atoms with Gasteiger partial charge in [0.2, 0.25) is 0 Å². The highest BCUT2D eigenvalue weighted by Crippen LogP contribution is 1.91. The number of esters is 1. The van der Waals surface area contributed by atoms with Gasteiger partial charge in [0.15, 0.2) is 0 Å². The molecule has 0 aromatic heterocycles. The second-order valence-electron chi connectivity index (χ2n) is 2.17. The molecule has 0 heterocycles. The normalized spacial score (nSPS) is 9.67. The molecule has 0 N–H and O–H groups in total. The lowest BCUT2D eigenvalue weighted by atomic mass is 10.3. The third-order valence-electron chi connectivity index (χ3n) is 1.12. The maximum absolute atomic E-state index is 10.8. The molecule has 0 aromatic rings. The molecule has 0 bridgehead atoms. The maximum Gasteiger partial charge on any atom is 0.309 e. The Bertz CT molecular complexity index is 180. The molecule has 0 amide bonds. The van der Waals surface area contributed by atoms with Crippen LogP contribution in [0.5, 0.6) is 0 Å². The van der Waals surface area contributed by atoms with Crippen LogP contribution >= 0.6 is 0 Å². The van der Waals surface area contributed by atoms with E-state index in [1.54, 1.807) is 18.2 Å². The molecule has 0 saturated carbocycles. The van der Waals surface area contributed by atoms with Crippen LogP contribution in [0.3, 0.4) is 0 Å². The number of hydrogen-bond acceptors (Lipinski definition) is 2. The first-order chi connectivity index (χ1) is 5.81. The van der Waals surface area contributed by atoms with Crippen molar-refractivity contribution in [3.05, 3.63) is 37.5 Å². The Balaban J connectivity index is 3.42. The van der Waals surface area contributed by atoms with Crippen LogP contribution in [0.2, 0.25) is 0 Å². The monoisotopic (exact) mass is 166 g/mol. The quantitative estimate of drug-likeness (QED) is 0.447. The number of carbonyl (C=O) groups is 1. The Morgan fingerprint density at radius 3 is 2.58 bits per heavy atom. The summed E-state index contributed by atoms with van der Waals surface area (Å²) < 4.78 is 4.74. The predicted molar refractivity (Wildman–Crippen MR) is 49.7 cm³/mol. The summed E-state index contributed by atoms with van der Waals surface area (Å²) in [4.78, 5) is 10.8. The summed E-state index contributed by atoms with van der Waals surface area (Å²) in [6.45, 7) is 7.27. The summed E-state index contributed by atoms with van der Waals surface area (Å²) in [5.41, 5.74) is 0. The van der Waals surface area contributed by atoms with Crippen LogP contribution in [0, 0.1) is 0 Å². The molecule has 66 valence electrons. The van der Waals surface area contributed by atoms with Gasteiger partial charge in [-0.15, -0.1) is 6.58 Å². The fraction of sp³-hybridized carbons (Fsp3) is 0.300. The van der Waals surface area contributed by atoms with Crippen molar-refractivity contribution in [3.8, 4) is 0 Å². The van der Waals surface area contributed by atoms with E-state index < -0.39 is 0 Å². The third-order valence-corrected chi connectivity index (χ3v) is 1.12. The largest absolute Gasteiger partial charge is 0.461 e. The van der Waals surface area contributed by atoms with Crippen LogP contribution in [0.1, 0.15) is 12.8 Å². The molecule has 0 aliphatic rings. The first kappa shape index (κ1) is 10.7. The van der Waals surface area contributed by atoms with Gasteiger partial charge in [0, 0.05) is 0 Å². The molecular weight excluding hydrogens is 152 g/mol. The van der Waals surface area contributed by atoms with Crippen LogP contribution in [0.15, 0.2) is 37.5 Å². The topological polar surface area (TPSA) is 26.3 Å². The van der Waals surface area contributed by atoms with Gasteiger partial charge in [-0.2, -0.15) is 0 Å². The molecule has 2 heteroatoms. The highest BCUT2D eigenvalue weighted by atomic mass is 16.5. The lowest BCUT2D eigenvalue weighted by molar-refractivity contribution is -0.141. The fourth-order valence-electron chi connectivity index (χ4n) is 0.583. The average Bonchev–Trinajstić information content (AvgIpc) is 2.09. The third kappa shape index (κ3) is 6.81. The summed E-state index contributed by atoms with van der Waals surface area (Å²) in [6, 6.07) is 0. The number of rotatable bonds is 6. The molecule has 0 aliphatic heterocycles. The van der Waals surface area contributed by atoms with Crippen molar-refractivity contribution in [2.75, 3.05) is 6.61 Å². The van der Waals surface area contributed by atoms with E-state index in [0.29, 0.717) is 6.42 Å². The molecular formula is C10H14O2. The molecule has 0 aromatic carbocycles. The molecule has 2 nitrogen and oxygen atoms in total. The van der Waals surface area contributed by atoms with Gasteiger partial charge in [-0.05, 0) is 6.42 Å². The Kier molecular flexibility index (Phi) is 6.94. The summed E-state index contributed by atoms with van der Waals surface area (Å²) in [7, 11) is 0. The van der Waals surface area contributed by atoms with E-state index in [-0.39, 0.29) is 12.6 Å². The molecule has 0 aliphatic carbocycles. The zero-order valence-electron chi connectivity index (χ0n) is 7.16. The zero-order chi connectivity index (χ0) is 9.23. The minimum Gasteiger partial charge on any atom is -0.461 e. The summed E-state index contributed by atoms with van der Waals surface area (Å²) >= 11 is 0. The molecule has 0 spiro atoms. The first-order valence-electron chi connectivity index (χ1n) is 3.83. The lowest BCUT2D eigenvalue weighted by Gasteiger charge is -1.96. The van der Waals surface area contributed by atoms with Crippen molar-refractivity contribution < 1.29 is 9.53 Å². The smallest absolute Gasteiger partial charge is 0.309 e. The van der Waals surface area contributed by atoms with Crippen molar-refractivity contribution in [2.24, 2.45) is 0 Å². The van der Waals surface area contributed by atoms with Crippen molar-refractivity contribution in [1.82, 2.24) is 0 Å². The van der Waals surface area contributed by atoms with E-state index in [1.807, 2.05) is 6.08 Å². The fourth-order valence-corrected chi connectivity index (χ4v) is 0.583. The van der Waals surface area contributed by atoms with E-state index in [2.05, 4.69) is 13.2 Å². The van der Waals surface area contributed by atoms with Crippen LogP contribution in [-0.2, 0) is 9.53 Å². The van der Waals surface area contributed by atoms with Crippen molar-refractivity contribution >= 4 is 5.97 Å². The Morgan fingerprint density at radius 2 is 2.00 bits per heavy atom. The highest BCUT2D eigenvalue weighted by molar-refractivity contribution is 5.71. The van der Waals surface area contributed by atoms with Crippen LogP contribution in [0.25, 0.3) is 0 Å². The molecule has 0 saturated heterocycles. The number of carbonyl (C=O) groups excluding carboxylic acids is 1. The SMILES string of the molecule is C=CC/C=C/CC(=O)OCC=C. The average molecular weight is 166 g/mol. The Labute approximate surface area is 73.2 Å². The Hall–Kier alpha value is -1.31. The zero-order valence-corrected chi connectivity index (χ0v) is 7.16. The second-order valence-corrected chi connectivity index (χ2v) is 2.17. The summed E-state index contributed by atoms with van der Waals surface area (Å²) in [6.07, 6.45) is 8.07. The highest BCUT2D eigenvalue weighted by Gasteiger charge is 1.95. The molecule has 0 unspecified atom stereocenters. The van der Waals surface area contributed by atoms with Gasteiger partial charge in [-0.3, -0.25) is 4.79 Å². The van der Waals surface area contributed by atoms with Crippen LogP contribution in [0.4, 0.5) is 0 Å². The molecule has 0 fully saturated rings. The molecule has 0 rings (SSSR count). The van der Waals surface area contributed by atoms with Crippen molar-refractivity contribution in [2.45, 2.75) is 12.8 Å². The lowest BCUT2D eigenvalue weighted by Crippen LogP contribution is -2.01. The van der Waals surface area contributed by atoms with Gasteiger partial charge in [0.05, 0.1) is 6.42 Å². The van der Waals surface area contributed by atoms with E-state index in [9.17, 15) is 4.79 Å². The Morgan fingerprint density at radius 1 is 1.25 bits per heavy atom. The first-order valence-corrected chi connectivity index (χ1v) is 3.83. The second kappa shape index (κ2) is 7.79. The van der Waals surface area contributed by atoms with E-state index >= 15 is 0 Å². The summed E-state index contributed by atoms with van der Waals surface area (Å²) in [5, 5.41) is 0. The van der Waals surface area contributed by atoms with Gasteiger partial charge in [-0.25, -0.2) is 0 Å². The van der Waals surface area contributed by atoms with Crippen LogP contribution in [-0.4, -0.2) is 12.6 Å². The van der Waals surface area contributed by atoms with Crippen molar-refractivity contribution in [1.29, 1.82) is 0 Å². The van der Waals surface area contributed by atoms with Crippen LogP contribution < -0.4 is 0 Å². The van der Waals surface area contributed by atoms with Gasteiger partial charge < -0.3 is 4.74 Å². The molecule has 0 atom stereocenters. The number of ether oxygens (including phenoxy) is 1.